The van der Waals surface area contributed by atoms with Gasteiger partial charge in [0.1, 0.15) is 19.0 Å². The molecular formula is C15H12ClFN2O2S. The molecule has 2 aromatic carbocycles. The molecule has 0 aliphatic carbocycles. The van der Waals surface area contributed by atoms with Crippen LogP contribution in [0.2, 0.25) is 5.02 Å². The third kappa shape index (κ3) is 3.40. The molecule has 0 bridgehead atoms. The van der Waals surface area contributed by atoms with Crippen LogP contribution in [0.15, 0.2) is 36.4 Å². The molecule has 7 heteroatoms. The van der Waals surface area contributed by atoms with E-state index in [2.05, 4.69) is 10.6 Å². The highest BCUT2D eigenvalue weighted by atomic mass is 35.5. The van der Waals surface area contributed by atoms with E-state index in [0.29, 0.717) is 29.7 Å². The van der Waals surface area contributed by atoms with Crippen molar-refractivity contribution in [3.8, 4) is 11.5 Å². The molecule has 22 heavy (non-hydrogen) atoms. The molecule has 0 unspecified atom stereocenters. The monoisotopic (exact) mass is 338 g/mol. The van der Waals surface area contributed by atoms with E-state index in [-0.39, 0.29) is 10.8 Å². The van der Waals surface area contributed by atoms with Crippen molar-refractivity contribution >= 4 is 40.3 Å². The van der Waals surface area contributed by atoms with Gasteiger partial charge in [-0.15, -0.1) is 0 Å². The molecule has 114 valence electrons. The number of nitrogens with one attached hydrogen (secondary N) is 2. The molecule has 0 aromatic heterocycles. The van der Waals surface area contributed by atoms with Gasteiger partial charge in [-0.1, -0.05) is 11.6 Å². The van der Waals surface area contributed by atoms with E-state index in [9.17, 15) is 4.39 Å². The Bertz CT molecular complexity index is 727. The fourth-order valence-corrected chi connectivity index (χ4v) is 2.38. The minimum Gasteiger partial charge on any atom is -0.486 e. The highest BCUT2D eigenvalue weighted by molar-refractivity contribution is 7.80. The minimum atomic E-state index is -0.473. The Morgan fingerprint density at radius 1 is 1.05 bits per heavy atom. The Labute approximate surface area is 137 Å². The highest BCUT2D eigenvalue weighted by Crippen LogP contribution is 2.32. The molecule has 2 N–H and O–H groups in total. The smallest absolute Gasteiger partial charge is 0.175 e. The molecule has 1 aliphatic rings. The van der Waals surface area contributed by atoms with E-state index < -0.39 is 5.82 Å². The summed E-state index contributed by atoms with van der Waals surface area (Å²) in [5.41, 5.74) is 0.968. The third-order valence-corrected chi connectivity index (χ3v) is 3.42. The standard InChI is InChI=1S/C15H12ClFN2O2S/c16-9-1-3-12(11(17)7-9)19-15(22)18-10-2-4-13-14(8-10)21-6-5-20-13/h1-4,7-8H,5-6H2,(H2,18,19,22). The second kappa shape index (κ2) is 6.37. The lowest BCUT2D eigenvalue weighted by Crippen LogP contribution is -2.20. The molecule has 0 fully saturated rings. The Balaban J connectivity index is 1.69. The SMILES string of the molecule is Fc1cc(Cl)ccc1NC(=S)Nc1ccc2c(c1)OCCO2. The summed E-state index contributed by atoms with van der Waals surface area (Å²) in [5, 5.41) is 6.34. The fourth-order valence-electron chi connectivity index (χ4n) is 2.00. The van der Waals surface area contributed by atoms with Crippen molar-refractivity contribution in [2.24, 2.45) is 0 Å². The number of rotatable bonds is 2. The number of halogens is 2. The van der Waals surface area contributed by atoms with Crippen LogP contribution in [0, 0.1) is 5.82 Å². The molecule has 2 aromatic rings. The van der Waals surface area contributed by atoms with Gasteiger partial charge in [0, 0.05) is 16.8 Å². The molecule has 4 nitrogen and oxygen atoms in total. The topological polar surface area (TPSA) is 42.5 Å². The van der Waals surface area contributed by atoms with Crippen molar-refractivity contribution in [3.63, 3.8) is 0 Å². The number of benzene rings is 2. The van der Waals surface area contributed by atoms with Crippen LogP contribution < -0.4 is 20.1 Å². The third-order valence-electron chi connectivity index (χ3n) is 2.98. The first kappa shape index (κ1) is 14.9. The van der Waals surface area contributed by atoms with Crippen LogP contribution in [-0.2, 0) is 0 Å². The number of thiocarbonyl (C=S) groups is 1. The Kier molecular flexibility index (Phi) is 4.31. The summed E-state index contributed by atoms with van der Waals surface area (Å²) in [6.45, 7) is 1.05. The van der Waals surface area contributed by atoms with E-state index in [1.165, 1.54) is 12.1 Å². The number of hydrogen-bond donors (Lipinski definition) is 2. The zero-order valence-corrected chi connectivity index (χ0v) is 12.9. The average Bonchev–Trinajstić information content (AvgIpc) is 2.50. The lowest BCUT2D eigenvalue weighted by atomic mass is 10.2. The zero-order valence-electron chi connectivity index (χ0n) is 11.4. The van der Waals surface area contributed by atoms with Crippen LogP contribution in [-0.4, -0.2) is 18.3 Å². The van der Waals surface area contributed by atoms with Gasteiger partial charge in [0.05, 0.1) is 5.69 Å². The van der Waals surface area contributed by atoms with Gasteiger partial charge in [0.25, 0.3) is 0 Å². The summed E-state index contributed by atoms with van der Waals surface area (Å²) in [5.74, 6) is 0.870. The summed E-state index contributed by atoms with van der Waals surface area (Å²) in [6.07, 6.45) is 0. The van der Waals surface area contributed by atoms with E-state index in [1.807, 2.05) is 0 Å². The predicted molar refractivity (Wildman–Crippen MR) is 88.7 cm³/mol. The Morgan fingerprint density at radius 2 is 1.82 bits per heavy atom. The van der Waals surface area contributed by atoms with Crippen molar-refractivity contribution in [2.75, 3.05) is 23.8 Å². The van der Waals surface area contributed by atoms with Crippen molar-refractivity contribution in [2.45, 2.75) is 0 Å². The number of anilines is 2. The summed E-state index contributed by atoms with van der Waals surface area (Å²) >= 11 is 10.9. The van der Waals surface area contributed by atoms with Crippen LogP contribution in [0.4, 0.5) is 15.8 Å². The molecule has 1 heterocycles. The van der Waals surface area contributed by atoms with E-state index in [1.54, 1.807) is 24.3 Å². The maximum atomic E-state index is 13.7. The van der Waals surface area contributed by atoms with Crippen molar-refractivity contribution in [1.82, 2.24) is 0 Å². The quantitative estimate of drug-likeness (QED) is 0.808. The largest absolute Gasteiger partial charge is 0.486 e. The highest BCUT2D eigenvalue weighted by Gasteiger charge is 2.12. The number of hydrogen-bond acceptors (Lipinski definition) is 3. The summed E-state index contributed by atoms with van der Waals surface area (Å²) in [7, 11) is 0. The van der Waals surface area contributed by atoms with Crippen LogP contribution in [0.25, 0.3) is 0 Å². The average molecular weight is 339 g/mol. The first-order valence-corrected chi connectivity index (χ1v) is 7.33. The molecule has 0 radical (unpaired) electrons. The van der Waals surface area contributed by atoms with Crippen LogP contribution in [0.1, 0.15) is 0 Å². The van der Waals surface area contributed by atoms with Crippen molar-refractivity contribution < 1.29 is 13.9 Å². The first-order chi connectivity index (χ1) is 10.6. The molecule has 1 aliphatic heterocycles. The zero-order chi connectivity index (χ0) is 15.5. The molecule has 0 saturated heterocycles. The van der Waals surface area contributed by atoms with Crippen LogP contribution in [0.5, 0.6) is 11.5 Å². The molecule has 0 amide bonds. The van der Waals surface area contributed by atoms with Crippen LogP contribution in [0.3, 0.4) is 0 Å². The molecule has 0 saturated carbocycles. The van der Waals surface area contributed by atoms with Gasteiger partial charge in [-0.2, -0.15) is 0 Å². The lowest BCUT2D eigenvalue weighted by Gasteiger charge is -2.19. The Morgan fingerprint density at radius 3 is 2.59 bits per heavy atom. The summed E-state index contributed by atoms with van der Waals surface area (Å²) in [4.78, 5) is 0. The molecule has 0 atom stereocenters. The Hall–Kier alpha value is -2.05. The summed E-state index contributed by atoms with van der Waals surface area (Å²) in [6, 6.07) is 9.70. The van der Waals surface area contributed by atoms with Gasteiger partial charge >= 0.3 is 0 Å². The number of fused-ring (bicyclic) bond motifs is 1. The second-order valence-corrected chi connectivity index (χ2v) is 5.41. The van der Waals surface area contributed by atoms with Gasteiger partial charge in [-0.3, -0.25) is 0 Å². The second-order valence-electron chi connectivity index (χ2n) is 4.56. The van der Waals surface area contributed by atoms with E-state index >= 15 is 0 Å². The van der Waals surface area contributed by atoms with E-state index in [4.69, 9.17) is 33.3 Å². The number of ether oxygens (including phenoxy) is 2. The molecular weight excluding hydrogens is 327 g/mol. The van der Waals surface area contributed by atoms with Crippen molar-refractivity contribution in [1.29, 1.82) is 0 Å². The fraction of sp³-hybridized carbons (Fsp3) is 0.133. The lowest BCUT2D eigenvalue weighted by molar-refractivity contribution is 0.171. The predicted octanol–water partition coefficient (Wildman–Crippen LogP) is 4.06. The first-order valence-electron chi connectivity index (χ1n) is 6.54. The minimum absolute atomic E-state index is 0.249. The molecule has 0 spiro atoms. The van der Waals surface area contributed by atoms with Gasteiger partial charge in [0.15, 0.2) is 16.6 Å². The maximum absolute atomic E-state index is 13.7. The van der Waals surface area contributed by atoms with E-state index in [0.717, 1.165) is 5.69 Å². The maximum Gasteiger partial charge on any atom is 0.175 e. The van der Waals surface area contributed by atoms with Gasteiger partial charge < -0.3 is 20.1 Å². The van der Waals surface area contributed by atoms with Gasteiger partial charge in [0.2, 0.25) is 0 Å². The summed E-state index contributed by atoms with van der Waals surface area (Å²) < 4.78 is 24.6. The normalized spacial score (nSPS) is 12.6. The van der Waals surface area contributed by atoms with Crippen LogP contribution >= 0.6 is 23.8 Å². The molecule has 3 rings (SSSR count). The van der Waals surface area contributed by atoms with Gasteiger partial charge in [-0.05, 0) is 42.5 Å². The van der Waals surface area contributed by atoms with Gasteiger partial charge in [-0.25, -0.2) is 4.39 Å². The van der Waals surface area contributed by atoms with Crippen molar-refractivity contribution in [3.05, 3.63) is 47.2 Å².